The maximum absolute atomic E-state index is 13.0. The third kappa shape index (κ3) is 5.93. The van der Waals surface area contributed by atoms with Crippen molar-refractivity contribution >= 4 is 5.91 Å². The number of aryl methyl sites for hydroxylation is 1. The molecule has 2 aromatic carbocycles. The lowest BCUT2D eigenvalue weighted by Crippen LogP contribution is -2.51. The van der Waals surface area contributed by atoms with Gasteiger partial charge in [-0.1, -0.05) is 60.7 Å². The second-order valence-electron chi connectivity index (χ2n) is 8.79. The molecule has 4 nitrogen and oxygen atoms in total. The molecule has 2 aliphatic heterocycles. The van der Waals surface area contributed by atoms with Crippen molar-refractivity contribution < 1.29 is 4.79 Å². The normalized spacial score (nSPS) is 19.1. The molecule has 4 heteroatoms. The van der Waals surface area contributed by atoms with E-state index >= 15 is 0 Å². The number of benzene rings is 2. The third-order valence-corrected chi connectivity index (χ3v) is 6.65. The lowest BCUT2D eigenvalue weighted by atomic mass is 9.94. The number of hydrogen-bond donors (Lipinski definition) is 0. The summed E-state index contributed by atoms with van der Waals surface area (Å²) in [6, 6.07) is 21.4. The van der Waals surface area contributed by atoms with Crippen molar-refractivity contribution in [2.24, 2.45) is 5.92 Å². The molecule has 1 amide bonds. The molecule has 2 aromatic rings. The Morgan fingerprint density at radius 2 is 1.33 bits per heavy atom. The Morgan fingerprint density at radius 3 is 1.97 bits per heavy atom. The van der Waals surface area contributed by atoms with Crippen LogP contribution in [0.15, 0.2) is 60.7 Å². The van der Waals surface area contributed by atoms with Gasteiger partial charge in [-0.25, -0.2) is 0 Å². The number of amides is 1. The van der Waals surface area contributed by atoms with Crippen molar-refractivity contribution in [3.63, 3.8) is 0 Å². The van der Waals surface area contributed by atoms with Gasteiger partial charge >= 0.3 is 0 Å². The molecule has 0 saturated carbocycles. The predicted molar refractivity (Wildman–Crippen MR) is 122 cm³/mol. The lowest BCUT2D eigenvalue weighted by molar-refractivity contribution is -0.139. The fourth-order valence-electron chi connectivity index (χ4n) is 4.78. The average Bonchev–Trinajstić information content (AvgIpc) is 2.81. The summed E-state index contributed by atoms with van der Waals surface area (Å²) in [6.07, 6.45) is 4.39. The van der Waals surface area contributed by atoms with Gasteiger partial charge in [0.1, 0.15) is 0 Å². The number of carbonyl (C=O) groups excluding carboxylic acids is 1. The predicted octanol–water partition coefficient (Wildman–Crippen LogP) is 3.68. The van der Waals surface area contributed by atoms with Gasteiger partial charge < -0.3 is 9.80 Å². The molecule has 0 aliphatic carbocycles. The zero-order chi connectivity index (χ0) is 20.6. The number of likely N-dealkylation sites (tertiary alicyclic amines) is 1. The van der Waals surface area contributed by atoms with Crippen LogP contribution in [-0.2, 0) is 17.8 Å². The van der Waals surface area contributed by atoms with Gasteiger partial charge in [0.25, 0.3) is 0 Å². The molecule has 0 spiro atoms. The quantitative estimate of drug-likeness (QED) is 0.703. The number of hydrogen-bond acceptors (Lipinski definition) is 3. The highest BCUT2D eigenvalue weighted by Gasteiger charge is 2.30. The summed E-state index contributed by atoms with van der Waals surface area (Å²) in [5.74, 6) is 0.634. The number of piperidine rings is 1. The Morgan fingerprint density at radius 1 is 0.733 bits per heavy atom. The molecule has 0 unspecified atom stereocenters. The molecule has 4 rings (SSSR count). The second-order valence-corrected chi connectivity index (χ2v) is 8.79. The topological polar surface area (TPSA) is 26.8 Å². The average molecular weight is 406 g/mol. The second kappa shape index (κ2) is 10.7. The van der Waals surface area contributed by atoms with Crippen LogP contribution in [0.3, 0.4) is 0 Å². The van der Waals surface area contributed by atoms with E-state index < -0.39 is 0 Å². The minimum absolute atomic E-state index is 0.232. The fourth-order valence-corrected chi connectivity index (χ4v) is 4.78. The van der Waals surface area contributed by atoms with Gasteiger partial charge in [0.15, 0.2) is 0 Å². The standard InChI is InChI=1S/C26H35N3O/c30-26(29-20-18-28(19-21-29)22-24-10-5-2-6-11-24)25-13-16-27(17-14-25)15-7-12-23-8-3-1-4-9-23/h1-6,8-11,25H,7,12-22H2. The van der Waals surface area contributed by atoms with Crippen LogP contribution >= 0.6 is 0 Å². The van der Waals surface area contributed by atoms with Crippen LogP contribution in [0.1, 0.15) is 30.4 Å². The van der Waals surface area contributed by atoms with E-state index in [1.165, 1.54) is 17.5 Å². The van der Waals surface area contributed by atoms with Crippen molar-refractivity contribution in [1.29, 1.82) is 0 Å². The van der Waals surface area contributed by atoms with E-state index in [-0.39, 0.29) is 5.92 Å². The van der Waals surface area contributed by atoms with E-state index in [1.54, 1.807) is 0 Å². The van der Waals surface area contributed by atoms with Crippen molar-refractivity contribution in [2.75, 3.05) is 45.8 Å². The highest BCUT2D eigenvalue weighted by atomic mass is 16.2. The summed E-state index contributed by atoms with van der Waals surface area (Å²) in [4.78, 5) is 20.1. The minimum Gasteiger partial charge on any atom is -0.340 e. The highest BCUT2D eigenvalue weighted by Crippen LogP contribution is 2.21. The van der Waals surface area contributed by atoms with Gasteiger partial charge in [-0.2, -0.15) is 0 Å². The minimum atomic E-state index is 0.232. The first-order valence-electron chi connectivity index (χ1n) is 11.6. The van der Waals surface area contributed by atoms with Gasteiger partial charge in [0.05, 0.1) is 0 Å². The van der Waals surface area contributed by atoms with Crippen molar-refractivity contribution in [1.82, 2.24) is 14.7 Å². The molecule has 0 N–H and O–H groups in total. The largest absolute Gasteiger partial charge is 0.340 e. The molecule has 2 aliphatic rings. The molecule has 0 atom stereocenters. The van der Waals surface area contributed by atoms with E-state index in [4.69, 9.17) is 0 Å². The first-order chi connectivity index (χ1) is 14.8. The van der Waals surface area contributed by atoms with Crippen LogP contribution in [0.4, 0.5) is 0 Å². The molecule has 2 saturated heterocycles. The highest BCUT2D eigenvalue weighted by molar-refractivity contribution is 5.79. The third-order valence-electron chi connectivity index (χ3n) is 6.65. The fraction of sp³-hybridized carbons (Fsp3) is 0.500. The van der Waals surface area contributed by atoms with Crippen LogP contribution in [0.25, 0.3) is 0 Å². The molecule has 0 bridgehead atoms. The van der Waals surface area contributed by atoms with Crippen LogP contribution in [-0.4, -0.2) is 66.4 Å². The van der Waals surface area contributed by atoms with E-state index in [9.17, 15) is 4.79 Å². The molecule has 2 fully saturated rings. The number of piperazine rings is 1. The van der Waals surface area contributed by atoms with Crippen LogP contribution in [0.2, 0.25) is 0 Å². The Balaban J connectivity index is 1.14. The van der Waals surface area contributed by atoms with E-state index in [0.717, 1.165) is 71.6 Å². The molecular formula is C26H35N3O. The number of nitrogens with zero attached hydrogens (tertiary/aromatic N) is 3. The molecule has 160 valence electrons. The maximum atomic E-state index is 13.0. The van der Waals surface area contributed by atoms with Gasteiger partial charge in [-0.3, -0.25) is 9.69 Å². The zero-order valence-electron chi connectivity index (χ0n) is 18.1. The van der Waals surface area contributed by atoms with Crippen LogP contribution < -0.4 is 0 Å². The Labute approximate surface area is 181 Å². The maximum Gasteiger partial charge on any atom is 0.225 e. The van der Waals surface area contributed by atoms with E-state index in [1.807, 2.05) is 0 Å². The molecule has 0 aromatic heterocycles. The van der Waals surface area contributed by atoms with E-state index in [0.29, 0.717) is 5.91 Å². The Hall–Kier alpha value is -2.17. The van der Waals surface area contributed by atoms with E-state index in [2.05, 4.69) is 75.4 Å². The SMILES string of the molecule is O=C(C1CCN(CCCc2ccccc2)CC1)N1CCN(Cc2ccccc2)CC1. The summed E-state index contributed by atoms with van der Waals surface area (Å²) >= 11 is 0. The summed E-state index contributed by atoms with van der Waals surface area (Å²) in [7, 11) is 0. The Kier molecular flexibility index (Phi) is 7.54. The number of rotatable bonds is 7. The summed E-state index contributed by atoms with van der Waals surface area (Å²) in [6.45, 7) is 8.00. The molecular weight excluding hydrogens is 370 g/mol. The lowest BCUT2D eigenvalue weighted by Gasteiger charge is -2.38. The van der Waals surface area contributed by atoms with Gasteiger partial charge in [0, 0.05) is 38.6 Å². The van der Waals surface area contributed by atoms with Crippen molar-refractivity contribution in [3.8, 4) is 0 Å². The first kappa shape index (κ1) is 21.1. The van der Waals surface area contributed by atoms with Crippen LogP contribution in [0, 0.1) is 5.92 Å². The van der Waals surface area contributed by atoms with Crippen molar-refractivity contribution in [3.05, 3.63) is 71.8 Å². The van der Waals surface area contributed by atoms with Gasteiger partial charge in [-0.15, -0.1) is 0 Å². The number of carbonyl (C=O) groups is 1. The molecule has 2 heterocycles. The Bertz CT molecular complexity index is 763. The summed E-state index contributed by atoms with van der Waals surface area (Å²) in [5.41, 5.74) is 2.78. The van der Waals surface area contributed by atoms with Gasteiger partial charge in [0.2, 0.25) is 5.91 Å². The monoisotopic (exact) mass is 405 g/mol. The van der Waals surface area contributed by atoms with Crippen LogP contribution in [0.5, 0.6) is 0 Å². The van der Waals surface area contributed by atoms with Gasteiger partial charge in [-0.05, 0) is 56.4 Å². The smallest absolute Gasteiger partial charge is 0.225 e. The van der Waals surface area contributed by atoms with Crippen molar-refractivity contribution in [2.45, 2.75) is 32.2 Å². The molecule has 0 radical (unpaired) electrons. The zero-order valence-corrected chi connectivity index (χ0v) is 18.1. The summed E-state index contributed by atoms with van der Waals surface area (Å²) in [5, 5.41) is 0. The summed E-state index contributed by atoms with van der Waals surface area (Å²) < 4.78 is 0. The molecule has 30 heavy (non-hydrogen) atoms. The first-order valence-corrected chi connectivity index (χ1v) is 11.6.